The fourth-order valence-corrected chi connectivity index (χ4v) is 1.45. The summed E-state index contributed by atoms with van der Waals surface area (Å²) in [6, 6.07) is 7.95. The van der Waals surface area contributed by atoms with Crippen molar-refractivity contribution in [3.8, 4) is 17.6 Å². The van der Waals surface area contributed by atoms with Crippen molar-refractivity contribution in [2.45, 2.75) is 32.6 Å². The minimum atomic E-state index is 0.882. The van der Waals surface area contributed by atoms with E-state index in [0.717, 1.165) is 17.7 Å². The van der Waals surface area contributed by atoms with Crippen molar-refractivity contribution in [1.29, 1.82) is 0 Å². The summed E-state index contributed by atoms with van der Waals surface area (Å²) in [7, 11) is 1.67. The third kappa shape index (κ3) is 5.82. The standard InChI is InChI=1S/C16H20O/c1-3-4-5-6-7-8-9-10-15-11-13-16(17-2)14-12-15/h9-14H,3-6H2,1-2H3/b10-9+. The van der Waals surface area contributed by atoms with Gasteiger partial charge in [0.15, 0.2) is 0 Å². The van der Waals surface area contributed by atoms with E-state index >= 15 is 0 Å². The van der Waals surface area contributed by atoms with Gasteiger partial charge in [-0.15, -0.1) is 0 Å². The minimum absolute atomic E-state index is 0.882. The fourth-order valence-electron chi connectivity index (χ4n) is 1.45. The molecule has 0 saturated carbocycles. The number of hydrogen-bond donors (Lipinski definition) is 0. The van der Waals surface area contributed by atoms with Crippen LogP contribution in [0, 0.1) is 11.8 Å². The van der Waals surface area contributed by atoms with Crippen LogP contribution in [-0.4, -0.2) is 7.11 Å². The lowest BCUT2D eigenvalue weighted by molar-refractivity contribution is 0.415. The number of hydrogen-bond acceptors (Lipinski definition) is 1. The predicted molar refractivity (Wildman–Crippen MR) is 73.9 cm³/mol. The summed E-state index contributed by atoms with van der Waals surface area (Å²) in [5.41, 5.74) is 1.15. The molecule has 0 bridgehead atoms. The number of methoxy groups -OCH3 is 1. The number of rotatable bonds is 5. The van der Waals surface area contributed by atoms with Crippen molar-refractivity contribution in [2.24, 2.45) is 0 Å². The van der Waals surface area contributed by atoms with Crippen molar-refractivity contribution >= 4 is 6.08 Å². The molecule has 0 unspecified atom stereocenters. The first kappa shape index (κ1) is 13.4. The maximum absolute atomic E-state index is 5.10. The third-order valence-electron chi connectivity index (χ3n) is 2.48. The Hall–Kier alpha value is -1.68. The first-order valence-corrected chi connectivity index (χ1v) is 6.16. The Bertz CT molecular complexity index is 390. The zero-order valence-corrected chi connectivity index (χ0v) is 10.7. The Kier molecular flexibility index (Phi) is 6.67. The molecule has 1 rings (SSSR count). The molecule has 1 heteroatoms. The number of allylic oxidation sites excluding steroid dienone is 1. The van der Waals surface area contributed by atoms with E-state index in [1.807, 2.05) is 36.4 Å². The second-order valence-corrected chi connectivity index (χ2v) is 3.88. The lowest BCUT2D eigenvalue weighted by Crippen LogP contribution is -1.81. The Morgan fingerprint density at radius 2 is 1.94 bits per heavy atom. The highest BCUT2D eigenvalue weighted by Crippen LogP contribution is 2.11. The van der Waals surface area contributed by atoms with Gasteiger partial charge in [0.2, 0.25) is 0 Å². The van der Waals surface area contributed by atoms with Gasteiger partial charge in [-0.2, -0.15) is 0 Å². The van der Waals surface area contributed by atoms with E-state index in [1.54, 1.807) is 7.11 Å². The molecule has 0 radical (unpaired) electrons. The topological polar surface area (TPSA) is 9.23 Å². The highest BCUT2D eigenvalue weighted by Gasteiger charge is 1.88. The zero-order chi connectivity index (χ0) is 12.3. The van der Waals surface area contributed by atoms with Crippen LogP contribution >= 0.6 is 0 Å². The summed E-state index contributed by atoms with van der Waals surface area (Å²) in [5.74, 6) is 7.09. The van der Waals surface area contributed by atoms with Gasteiger partial charge >= 0.3 is 0 Å². The predicted octanol–water partition coefficient (Wildman–Crippen LogP) is 4.29. The van der Waals surface area contributed by atoms with Gasteiger partial charge in [0.25, 0.3) is 0 Å². The van der Waals surface area contributed by atoms with Gasteiger partial charge in [0.05, 0.1) is 7.11 Å². The van der Waals surface area contributed by atoms with Gasteiger partial charge in [-0.3, -0.25) is 0 Å². The first-order chi connectivity index (χ1) is 8.36. The molecule has 17 heavy (non-hydrogen) atoms. The molecule has 0 atom stereocenters. The van der Waals surface area contributed by atoms with E-state index < -0.39 is 0 Å². The number of unbranched alkanes of at least 4 members (excludes halogenated alkanes) is 3. The molecule has 0 N–H and O–H groups in total. The molecule has 0 aliphatic rings. The van der Waals surface area contributed by atoms with E-state index in [-0.39, 0.29) is 0 Å². The van der Waals surface area contributed by atoms with Crippen molar-refractivity contribution in [2.75, 3.05) is 7.11 Å². The molecule has 1 nitrogen and oxygen atoms in total. The van der Waals surface area contributed by atoms with Gasteiger partial charge in [0, 0.05) is 6.42 Å². The average Bonchev–Trinajstić information content (AvgIpc) is 2.38. The van der Waals surface area contributed by atoms with E-state index in [4.69, 9.17) is 4.74 Å². The van der Waals surface area contributed by atoms with Crippen molar-refractivity contribution in [3.05, 3.63) is 35.9 Å². The summed E-state index contributed by atoms with van der Waals surface area (Å²) in [6.07, 6.45) is 8.67. The van der Waals surface area contributed by atoms with Crippen molar-refractivity contribution in [1.82, 2.24) is 0 Å². The van der Waals surface area contributed by atoms with Crippen LogP contribution in [0.2, 0.25) is 0 Å². The lowest BCUT2D eigenvalue weighted by atomic mass is 10.2. The van der Waals surface area contributed by atoms with Gasteiger partial charge < -0.3 is 4.74 Å². The zero-order valence-electron chi connectivity index (χ0n) is 10.7. The van der Waals surface area contributed by atoms with Crippen LogP contribution in [0.5, 0.6) is 5.75 Å². The van der Waals surface area contributed by atoms with E-state index in [0.29, 0.717) is 0 Å². The molecule has 1 aromatic rings. The molecule has 0 heterocycles. The monoisotopic (exact) mass is 228 g/mol. The lowest BCUT2D eigenvalue weighted by Gasteiger charge is -1.98. The average molecular weight is 228 g/mol. The van der Waals surface area contributed by atoms with E-state index in [1.165, 1.54) is 19.3 Å². The first-order valence-electron chi connectivity index (χ1n) is 6.16. The molecule has 0 aromatic heterocycles. The SMILES string of the molecule is CCCCCC#C/C=C/c1ccc(OC)cc1. The summed E-state index contributed by atoms with van der Waals surface area (Å²) in [6.45, 7) is 2.21. The smallest absolute Gasteiger partial charge is 0.118 e. The van der Waals surface area contributed by atoms with E-state index in [2.05, 4.69) is 18.8 Å². The molecule has 90 valence electrons. The summed E-state index contributed by atoms with van der Waals surface area (Å²) < 4.78 is 5.10. The Balaban J connectivity index is 2.36. The third-order valence-corrected chi connectivity index (χ3v) is 2.48. The minimum Gasteiger partial charge on any atom is -0.497 e. The van der Waals surface area contributed by atoms with Crippen LogP contribution in [0.4, 0.5) is 0 Å². The fraction of sp³-hybridized carbons (Fsp3) is 0.375. The molecular weight excluding hydrogens is 208 g/mol. The Morgan fingerprint density at radius 3 is 2.59 bits per heavy atom. The summed E-state index contributed by atoms with van der Waals surface area (Å²) in [4.78, 5) is 0. The summed E-state index contributed by atoms with van der Waals surface area (Å²) >= 11 is 0. The number of ether oxygens (including phenoxy) is 1. The second-order valence-electron chi connectivity index (χ2n) is 3.88. The maximum atomic E-state index is 5.10. The van der Waals surface area contributed by atoms with Gasteiger partial charge in [0.1, 0.15) is 5.75 Å². The van der Waals surface area contributed by atoms with Crippen LogP contribution in [0.15, 0.2) is 30.3 Å². The van der Waals surface area contributed by atoms with Crippen molar-refractivity contribution in [3.63, 3.8) is 0 Å². The molecule has 0 fully saturated rings. The van der Waals surface area contributed by atoms with Crippen LogP contribution < -0.4 is 4.74 Å². The molecule has 0 aliphatic heterocycles. The molecule has 0 amide bonds. The Labute approximate surface area is 105 Å². The molecule has 1 aromatic carbocycles. The van der Waals surface area contributed by atoms with E-state index in [9.17, 15) is 0 Å². The quantitative estimate of drug-likeness (QED) is 0.539. The second kappa shape index (κ2) is 8.47. The molecule has 0 spiro atoms. The normalized spacial score (nSPS) is 10.0. The molecular formula is C16H20O. The van der Waals surface area contributed by atoms with Crippen LogP contribution in [0.3, 0.4) is 0 Å². The van der Waals surface area contributed by atoms with Gasteiger partial charge in [-0.05, 0) is 36.3 Å². The Morgan fingerprint density at radius 1 is 1.18 bits per heavy atom. The highest BCUT2D eigenvalue weighted by molar-refractivity contribution is 5.53. The molecule has 0 saturated heterocycles. The maximum Gasteiger partial charge on any atom is 0.118 e. The van der Waals surface area contributed by atoms with Gasteiger partial charge in [-0.1, -0.05) is 43.7 Å². The largest absolute Gasteiger partial charge is 0.497 e. The van der Waals surface area contributed by atoms with Crippen molar-refractivity contribution < 1.29 is 4.74 Å². The van der Waals surface area contributed by atoms with Gasteiger partial charge in [-0.25, -0.2) is 0 Å². The van der Waals surface area contributed by atoms with Crippen LogP contribution in [0.1, 0.15) is 38.2 Å². The number of benzene rings is 1. The van der Waals surface area contributed by atoms with Crippen LogP contribution in [0.25, 0.3) is 6.08 Å². The van der Waals surface area contributed by atoms with Crippen LogP contribution in [-0.2, 0) is 0 Å². The summed E-state index contributed by atoms with van der Waals surface area (Å²) in [5, 5.41) is 0. The molecule has 0 aliphatic carbocycles. The highest BCUT2D eigenvalue weighted by atomic mass is 16.5.